The van der Waals surface area contributed by atoms with Crippen molar-refractivity contribution in [3.63, 3.8) is 0 Å². The average Bonchev–Trinajstić information content (AvgIpc) is 2.92. The minimum atomic E-state index is -0.501. The highest BCUT2D eigenvalue weighted by molar-refractivity contribution is 5.79. The van der Waals surface area contributed by atoms with E-state index >= 15 is 0 Å². The van der Waals surface area contributed by atoms with Gasteiger partial charge < -0.3 is 25.6 Å². The fourth-order valence-corrected chi connectivity index (χ4v) is 2.76. The van der Waals surface area contributed by atoms with Crippen LogP contribution in [0.4, 0.5) is 4.79 Å². The molecule has 1 aliphatic heterocycles. The van der Waals surface area contributed by atoms with Gasteiger partial charge in [0.25, 0.3) is 0 Å². The summed E-state index contributed by atoms with van der Waals surface area (Å²) in [5.41, 5.74) is -0.953. The van der Waals surface area contributed by atoms with Crippen LogP contribution in [0.5, 0.6) is 0 Å². The van der Waals surface area contributed by atoms with Crippen LogP contribution >= 0.6 is 0 Å². The fraction of sp³-hybridized carbons (Fsp3) is 0.889. The number of ether oxygens (including phenoxy) is 1. The van der Waals surface area contributed by atoms with E-state index in [9.17, 15) is 4.79 Å². The third kappa shape index (κ3) is 8.95. The zero-order valence-corrected chi connectivity index (χ0v) is 17.0. The van der Waals surface area contributed by atoms with Crippen LogP contribution in [-0.4, -0.2) is 67.9 Å². The SMILES string of the molecule is CCN1CCC(CNC(=NC)NCC(C)(C)NC(=O)OC(C)(C)C)C1. The maximum Gasteiger partial charge on any atom is 0.408 e. The van der Waals surface area contributed by atoms with Crippen molar-refractivity contribution < 1.29 is 9.53 Å². The highest BCUT2D eigenvalue weighted by atomic mass is 16.6. The molecular weight excluding hydrogens is 318 g/mol. The molecule has 1 fully saturated rings. The lowest BCUT2D eigenvalue weighted by Crippen LogP contribution is -2.54. The quantitative estimate of drug-likeness (QED) is 0.500. The minimum Gasteiger partial charge on any atom is -0.444 e. The Morgan fingerprint density at radius 1 is 1.24 bits per heavy atom. The molecule has 0 aromatic heterocycles. The van der Waals surface area contributed by atoms with Crippen LogP contribution in [0.15, 0.2) is 4.99 Å². The molecule has 0 radical (unpaired) electrons. The van der Waals surface area contributed by atoms with Crippen LogP contribution in [0.3, 0.4) is 0 Å². The summed E-state index contributed by atoms with van der Waals surface area (Å²) in [4.78, 5) is 18.7. The van der Waals surface area contributed by atoms with Gasteiger partial charge >= 0.3 is 6.09 Å². The van der Waals surface area contributed by atoms with E-state index < -0.39 is 17.2 Å². The Morgan fingerprint density at radius 3 is 2.44 bits per heavy atom. The Hall–Kier alpha value is -1.50. The number of guanidine groups is 1. The van der Waals surface area contributed by atoms with E-state index in [2.05, 4.69) is 32.8 Å². The van der Waals surface area contributed by atoms with E-state index in [4.69, 9.17) is 4.74 Å². The summed E-state index contributed by atoms with van der Waals surface area (Å²) in [6.07, 6.45) is 0.816. The van der Waals surface area contributed by atoms with Crippen LogP contribution < -0.4 is 16.0 Å². The summed E-state index contributed by atoms with van der Waals surface area (Å²) < 4.78 is 5.31. The van der Waals surface area contributed by atoms with Gasteiger partial charge in [-0.25, -0.2) is 4.79 Å². The lowest BCUT2D eigenvalue weighted by Gasteiger charge is -2.29. The summed E-state index contributed by atoms with van der Waals surface area (Å²) in [6, 6.07) is 0. The Bertz CT molecular complexity index is 457. The number of nitrogens with zero attached hydrogens (tertiary/aromatic N) is 2. The van der Waals surface area contributed by atoms with Crippen LogP contribution in [0.25, 0.3) is 0 Å². The fourth-order valence-electron chi connectivity index (χ4n) is 2.76. The molecule has 7 nitrogen and oxygen atoms in total. The topological polar surface area (TPSA) is 78.0 Å². The molecule has 1 saturated heterocycles. The van der Waals surface area contributed by atoms with Crippen molar-refractivity contribution in [1.82, 2.24) is 20.9 Å². The molecule has 1 atom stereocenters. The van der Waals surface area contributed by atoms with E-state index in [1.165, 1.54) is 13.0 Å². The molecule has 0 saturated carbocycles. The number of hydrogen-bond acceptors (Lipinski definition) is 4. The van der Waals surface area contributed by atoms with Gasteiger partial charge in [0, 0.05) is 26.7 Å². The number of likely N-dealkylation sites (tertiary alicyclic amines) is 1. The van der Waals surface area contributed by atoms with Gasteiger partial charge in [0.05, 0.1) is 5.54 Å². The number of rotatable bonds is 6. The molecule has 0 bridgehead atoms. The van der Waals surface area contributed by atoms with Gasteiger partial charge in [0.15, 0.2) is 5.96 Å². The zero-order valence-electron chi connectivity index (χ0n) is 17.0. The third-order valence-electron chi connectivity index (χ3n) is 4.14. The van der Waals surface area contributed by atoms with Gasteiger partial charge in [-0.2, -0.15) is 0 Å². The predicted molar refractivity (Wildman–Crippen MR) is 103 cm³/mol. The van der Waals surface area contributed by atoms with Crippen molar-refractivity contribution in [3.8, 4) is 0 Å². The second-order valence-electron chi connectivity index (χ2n) is 8.37. The Kier molecular flexibility index (Phi) is 7.99. The Balaban J connectivity index is 2.36. The highest BCUT2D eigenvalue weighted by Gasteiger charge is 2.25. The number of carbonyl (C=O) groups is 1. The maximum atomic E-state index is 11.9. The highest BCUT2D eigenvalue weighted by Crippen LogP contribution is 2.14. The largest absolute Gasteiger partial charge is 0.444 e. The minimum absolute atomic E-state index is 0.409. The molecule has 1 unspecified atom stereocenters. The van der Waals surface area contributed by atoms with Crippen molar-refractivity contribution in [1.29, 1.82) is 0 Å². The van der Waals surface area contributed by atoms with Crippen LogP contribution in [0, 0.1) is 5.92 Å². The lowest BCUT2D eigenvalue weighted by atomic mass is 10.1. The number of aliphatic imine (C=N–C) groups is 1. The van der Waals surface area contributed by atoms with E-state index in [-0.39, 0.29) is 0 Å². The van der Waals surface area contributed by atoms with E-state index in [1.807, 2.05) is 34.6 Å². The van der Waals surface area contributed by atoms with Crippen molar-refractivity contribution in [3.05, 3.63) is 0 Å². The number of hydrogen-bond donors (Lipinski definition) is 3. The summed E-state index contributed by atoms with van der Waals surface area (Å²) in [7, 11) is 1.76. The molecule has 1 aliphatic rings. The van der Waals surface area contributed by atoms with Crippen molar-refractivity contribution >= 4 is 12.1 Å². The second-order valence-corrected chi connectivity index (χ2v) is 8.37. The molecular formula is C18H37N5O2. The number of alkyl carbamates (subject to hydrolysis) is 1. The Morgan fingerprint density at radius 2 is 1.92 bits per heavy atom. The third-order valence-corrected chi connectivity index (χ3v) is 4.14. The summed E-state index contributed by atoms with van der Waals surface area (Å²) in [5, 5.41) is 9.56. The molecule has 25 heavy (non-hydrogen) atoms. The van der Waals surface area contributed by atoms with Gasteiger partial charge in [-0.3, -0.25) is 4.99 Å². The first kappa shape index (κ1) is 21.5. The number of carbonyl (C=O) groups excluding carboxylic acids is 1. The monoisotopic (exact) mass is 355 g/mol. The first-order valence-electron chi connectivity index (χ1n) is 9.22. The summed E-state index contributed by atoms with van der Waals surface area (Å²) in [5.74, 6) is 1.42. The van der Waals surface area contributed by atoms with Crippen molar-refractivity contribution in [2.45, 2.75) is 59.1 Å². The second kappa shape index (κ2) is 9.27. The maximum absolute atomic E-state index is 11.9. The lowest BCUT2D eigenvalue weighted by molar-refractivity contribution is 0.0474. The van der Waals surface area contributed by atoms with E-state index in [0.29, 0.717) is 12.5 Å². The normalized spacial score (nSPS) is 19.6. The van der Waals surface area contributed by atoms with Crippen LogP contribution in [0.2, 0.25) is 0 Å². The first-order valence-corrected chi connectivity index (χ1v) is 9.22. The zero-order chi connectivity index (χ0) is 19.1. The predicted octanol–water partition coefficient (Wildman–Crippen LogP) is 1.80. The smallest absolute Gasteiger partial charge is 0.408 e. The molecule has 0 aromatic carbocycles. The van der Waals surface area contributed by atoms with Gasteiger partial charge in [-0.1, -0.05) is 6.92 Å². The molecule has 7 heteroatoms. The molecule has 1 heterocycles. The van der Waals surface area contributed by atoms with Gasteiger partial charge in [0.1, 0.15) is 5.60 Å². The summed E-state index contributed by atoms with van der Waals surface area (Å²) >= 11 is 0. The van der Waals surface area contributed by atoms with Gasteiger partial charge in [0.2, 0.25) is 0 Å². The average molecular weight is 356 g/mol. The van der Waals surface area contributed by atoms with E-state index in [1.54, 1.807) is 7.05 Å². The molecule has 0 aliphatic carbocycles. The first-order chi connectivity index (χ1) is 11.5. The molecule has 1 rings (SSSR count). The number of nitrogens with one attached hydrogen (secondary N) is 3. The van der Waals surface area contributed by atoms with Gasteiger partial charge in [-0.15, -0.1) is 0 Å². The standard InChI is InChI=1S/C18H37N5O2/c1-8-23-10-9-14(12-23)11-20-15(19-7)21-13-18(5,6)22-16(24)25-17(2,3)4/h14H,8-13H2,1-7H3,(H,22,24)(H2,19,20,21). The van der Waals surface area contributed by atoms with Crippen molar-refractivity contribution in [2.24, 2.45) is 10.9 Å². The summed E-state index contributed by atoms with van der Waals surface area (Å²) in [6.45, 7) is 16.6. The molecule has 1 amide bonds. The number of amides is 1. The van der Waals surface area contributed by atoms with Crippen molar-refractivity contribution in [2.75, 3.05) is 39.8 Å². The molecule has 0 aromatic rings. The van der Waals surface area contributed by atoms with Gasteiger partial charge in [-0.05, 0) is 60.0 Å². The van der Waals surface area contributed by atoms with Crippen LogP contribution in [0.1, 0.15) is 48.0 Å². The molecule has 3 N–H and O–H groups in total. The molecule has 146 valence electrons. The van der Waals surface area contributed by atoms with Crippen LogP contribution in [-0.2, 0) is 4.74 Å². The molecule has 0 spiro atoms. The Labute approximate surface area is 153 Å². The van der Waals surface area contributed by atoms with E-state index in [0.717, 1.165) is 25.6 Å².